The molecule has 0 N–H and O–H groups in total. The van der Waals surface area contributed by atoms with Crippen molar-refractivity contribution in [2.24, 2.45) is 0 Å². The molecule has 1 aliphatic heterocycles. The van der Waals surface area contributed by atoms with Crippen molar-refractivity contribution in [3.8, 4) is 0 Å². The van der Waals surface area contributed by atoms with Crippen LogP contribution in [0, 0.1) is 5.82 Å². The molecule has 1 aliphatic rings. The Morgan fingerprint density at radius 1 is 1.00 bits per heavy atom. The fraction of sp³-hybridized carbons (Fsp3) is 0.316. The lowest BCUT2D eigenvalue weighted by Crippen LogP contribution is -2.43. The second kappa shape index (κ2) is 6.63. The van der Waals surface area contributed by atoms with Crippen LogP contribution in [0.5, 0.6) is 0 Å². The maximum absolute atomic E-state index is 13.1. The number of pyridine rings is 1. The van der Waals surface area contributed by atoms with Crippen LogP contribution in [0.1, 0.15) is 12.8 Å². The second-order valence-corrected chi connectivity index (χ2v) is 6.37. The Morgan fingerprint density at radius 3 is 2.48 bits per heavy atom. The van der Waals surface area contributed by atoms with Crippen LogP contribution in [0.2, 0.25) is 0 Å². The zero-order chi connectivity index (χ0) is 17.2. The van der Waals surface area contributed by atoms with Gasteiger partial charge < -0.3 is 9.80 Å². The van der Waals surface area contributed by atoms with Gasteiger partial charge in [0, 0.05) is 44.3 Å². The first-order chi connectivity index (χ1) is 12.2. The lowest BCUT2D eigenvalue weighted by atomic mass is 10.0. The fourth-order valence-electron chi connectivity index (χ4n) is 3.39. The molecule has 0 amide bonds. The predicted octanol–water partition coefficient (Wildman–Crippen LogP) is 3.27. The first-order valence-electron chi connectivity index (χ1n) is 8.52. The van der Waals surface area contributed by atoms with Gasteiger partial charge in [0.2, 0.25) is 0 Å². The highest BCUT2D eigenvalue weighted by atomic mass is 19.1. The third kappa shape index (κ3) is 3.24. The van der Waals surface area contributed by atoms with Gasteiger partial charge in [-0.05, 0) is 49.2 Å². The summed E-state index contributed by atoms with van der Waals surface area (Å²) in [5.74, 6) is 0.733. The highest BCUT2D eigenvalue weighted by Crippen LogP contribution is 2.25. The van der Waals surface area contributed by atoms with E-state index in [-0.39, 0.29) is 5.82 Å². The van der Waals surface area contributed by atoms with Crippen LogP contribution in [0.4, 0.5) is 15.9 Å². The Hall–Kier alpha value is -2.76. The summed E-state index contributed by atoms with van der Waals surface area (Å²) in [6, 6.07) is 11.1. The van der Waals surface area contributed by atoms with Crippen molar-refractivity contribution in [3.05, 3.63) is 54.6 Å². The Kier molecular flexibility index (Phi) is 4.17. The molecule has 1 saturated heterocycles. The molecule has 0 unspecified atom stereocenters. The number of piperidine rings is 1. The molecule has 0 aliphatic carbocycles. The molecule has 25 heavy (non-hydrogen) atoms. The normalized spacial score (nSPS) is 15.5. The topological polar surface area (TPSA) is 45.2 Å². The van der Waals surface area contributed by atoms with Crippen LogP contribution in [0.3, 0.4) is 0 Å². The minimum atomic E-state index is -0.191. The molecule has 128 valence electrons. The van der Waals surface area contributed by atoms with Crippen molar-refractivity contribution in [1.29, 1.82) is 0 Å². The van der Waals surface area contributed by atoms with E-state index in [1.54, 1.807) is 12.4 Å². The molecule has 0 radical (unpaired) electrons. The van der Waals surface area contributed by atoms with E-state index in [0.29, 0.717) is 11.7 Å². The van der Waals surface area contributed by atoms with Gasteiger partial charge in [-0.2, -0.15) is 0 Å². The van der Waals surface area contributed by atoms with Gasteiger partial charge in [-0.25, -0.2) is 14.4 Å². The highest BCUT2D eigenvalue weighted by molar-refractivity contribution is 5.71. The number of rotatable bonds is 3. The van der Waals surface area contributed by atoms with Crippen molar-refractivity contribution in [3.63, 3.8) is 0 Å². The first-order valence-corrected chi connectivity index (χ1v) is 8.52. The molecule has 3 aromatic rings. The summed E-state index contributed by atoms with van der Waals surface area (Å²) >= 11 is 0. The molecular weight excluding hydrogens is 317 g/mol. The highest BCUT2D eigenvalue weighted by Gasteiger charge is 2.23. The summed E-state index contributed by atoms with van der Waals surface area (Å²) in [6.07, 6.45) is 5.42. The van der Waals surface area contributed by atoms with E-state index in [1.165, 1.54) is 12.1 Å². The van der Waals surface area contributed by atoms with E-state index in [2.05, 4.69) is 31.8 Å². The summed E-state index contributed by atoms with van der Waals surface area (Å²) in [4.78, 5) is 17.7. The van der Waals surface area contributed by atoms with Gasteiger partial charge in [-0.15, -0.1) is 0 Å². The van der Waals surface area contributed by atoms with Crippen molar-refractivity contribution in [2.75, 3.05) is 29.9 Å². The van der Waals surface area contributed by atoms with Crippen molar-refractivity contribution >= 4 is 22.7 Å². The number of hydrogen-bond acceptors (Lipinski definition) is 5. The Labute approximate surface area is 146 Å². The maximum atomic E-state index is 13.1. The van der Waals surface area contributed by atoms with E-state index in [0.717, 1.165) is 43.0 Å². The summed E-state index contributed by atoms with van der Waals surface area (Å²) < 4.78 is 13.1. The Balaban J connectivity index is 1.45. The van der Waals surface area contributed by atoms with E-state index >= 15 is 0 Å². The number of halogens is 1. The van der Waals surface area contributed by atoms with Crippen molar-refractivity contribution in [1.82, 2.24) is 15.0 Å². The van der Waals surface area contributed by atoms with Gasteiger partial charge in [0.25, 0.3) is 0 Å². The monoisotopic (exact) mass is 337 g/mol. The lowest BCUT2D eigenvalue weighted by molar-refractivity contribution is 0.480. The van der Waals surface area contributed by atoms with Gasteiger partial charge >= 0.3 is 0 Å². The quantitative estimate of drug-likeness (QED) is 0.734. The molecule has 6 heteroatoms. The smallest absolute Gasteiger partial charge is 0.180 e. The molecule has 1 fully saturated rings. The minimum absolute atomic E-state index is 0.191. The SMILES string of the molecule is CN(c1ccc2nccnc2n1)C1CCN(c2ccc(F)cc2)CC1. The fourth-order valence-corrected chi connectivity index (χ4v) is 3.39. The second-order valence-electron chi connectivity index (χ2n) is 6.37. The van der Waals surface area contributed by atoms with Gasteiger partial charge in [0.05, 0.1) is 0 Å². The number of fused-ring (bicyclic) bond motifs is 1. The van der Waals surface area contributed by atoms with E-state index < -0.39 is 0 Å². The van der Waals surface area contributed by atoms with Crippen LogP contribution in [-0.4, -0.2) is 41.1 Å². The Morgan fingerprint density at radius 2 is 1.72 bits per heavy atom. The zero-order valence-electron chi connectivity index (χ0n) is 14.1. The largest absolute Gasteiger partial charge is 0.371 e. The van der Waals surface area contributed by atoms with Crippen LogP contribution in [0.15, 0.2) is 48.8 Å². The van der Waals surface area contributed by atoms with Gasteiger partial charge in [-0.3, -0.25) is 4.98 Å². The van der Waals surface area contributed by atoms with Crippen LogP contribution in [0.25, 0.3) is 11.2 Å². The minimum Gasteiger partial charge on any atom is -0.371 e. The molecule has 2 aromatic heterocycles. The molecule has 3 heterocycles. The summed E-state index contributed by atoms with van der Waals surface area (Å²) in [6.45, 7) is 1.90. The molecule has 0 spiro atoms. The number of aromatic nitrogens is 3. The predicted molar refractivity (Wildman–Crippen MR) is 97.4 cm³/mol. The Bertz CT molecular complexity index is 859. The summed E-state index contributed by atoms with van der Waals surface area (Å²) in [7, 11) is 2.09. The van der Waals surface area contributed by atoms with Gasteiger partial charge in [0.1, 0.15) is 17.2 Å². The molecule has 4 rings (SSSR count). The third-order valence-electron chi connectivity index (χ3n) is 4.88. The van der Waals surface area contributed by atoms with E-state index in [1.807, 2.05) is 24.3 Å². The van der Waals surface area contributed by atoms with Crippen molar-refractivity contribution < 1.29 is 4.39 Å². The summed E-state index contributed by atoms with van der Waals surface area (Å²) in [5.41, 5.74) is 2.57. The molecule has 0 atom stereocenters. The van der Waals surface area contributed by atoms with E-state index in [9.17, 15) is 4.39 Å². The molecule has 1 aromatic carbocycles. The molecule has 5 nitrogen and oxygen atoms in total. The molecular formula is C19H20FN5. The zero-order valence-corrected chi connectivity index (χ0v) is 14.1. The van der Waals surface area contributed by atoms with E-state index in [4.69, 9.17) is 0 Å². The van der Waals surface area contributed by atoms with Crippen molar-refractivity contribution in [2.45, 2.75) is 18.9 Å². The van der Waals surface area contributed by atoms with Crippen LogP contribution in [-0.2, 0) is 0 Å². The average molecular weight is 337 g/mol. The van der Waals surface area contributed by atoms with Crippen LogP contribution < -0.4 is 9.80 Å². The molecule has 0 bridgehead atoms. The first kappa shape index (κ1) is 15.7. The number of benzene rings is 1. The van der Waals surface area contributed by atoms with Crippen LogP contribution >= 0.6 is 0 Å². The summed E-state index contributed by atoms with van der Waals surface area (Å²) in [5, 5.41) is 0. The van der Waals surface area contributed by atoms with Gasteiger partial charge in [-0.1, -0.05) is 0 Å². The lowest BCUT2D eigenvalue weighted by Gasteiger charge is -2.38. The maximum Gasteiger partial charge on any atom is 0.180 e. The third-order valence-corrected chi connectivity index (χ3v) is 4.88. The number of nitrogens with zero attached hydrogens (tertiary/aromatic N) is 5. The number of anilines is 2. The standard InChI is InChI=1S/C19H20FN5/c1-24(18-7-6-17-19(23-18)22-11-10-21-17)15-8-12-25(13-9-15)16-4-2-14(20)3-5-16/h2-7,10-11,15H,8-9,12-13H2,1H3. The van der Waals surface area contributed by atoms with Gasteiger partial charge in [0.15, 0.2) is 5.65 Å². The number of hydrogen-bond donors (Lipinski definition) is 0. The average Bonchev–Trinajstić information content (AvgIpc) is 2.68. The molecule has 0 saturated carbocycles.